The predicted molar refractivity (Wildman–Crippen MR) is 125 cm³/mol. The first kappa shape index (κ1) is 24.0. The highest BCUT2D eigenvalue weighted by Gasteiger charge is 2.36. The number of nitrogens with zero attached hydrogens (tertiary/aromatic N) is 3. The third-order valence-electron chi connectivity index (χ3n) is 5.30. The molecule has 0 atom stereocenters. The normalized spacial score (nSPS) is 14.8. The van der Waals surface area contributed by atoms with Crippen molar-refractivity contribution >= 4 is 44.6 Å². The minimum absolute atomic E-state index is 0.00971. The van der Waals surface area contributed by atoms with Crippen LogP contribution in [0.5, 0.6) is 0 Å². The van der Waals surface area contributed by atoms with Crippen LogP contribution in [0.15, 0.2) is 39.6 Å². The second-order valence-electron chi connectivity index (χ2n) is 7.81. The Bertz CT molecular complexity index is 1310. The lowest BCUT2D eigenvalue weighted by molar-refractivity contribution is -0.137. The molecule has 0 spiro atoms. The van der Waals surface area contributed by atoms with Crippen molar-refractivity contribution in [3.63, 3.8) is 0 Å². The minimum Gasteiger partial charge on any atom is -0.323 e. The molecule has 12 heteroatoms. The second kappa shape index (κ2) is 8.90. The third-order valence-corrected chi connectivity index (χ3v) is 8.26. The Hall–Kier alpha value is -2.15. The fourth-order valence-electron chi connectivity index (χ4n) is 3.59. The maximum absolute atomic E-state index is 13.7. The molecule has 1 aliphatic rings. The number of anilines is 2. The number of rotatable bonds is 5. The number of thiophene rings is 1. The molecule has 0 unspecified atom stereocenters. The van der Waals surface area contributed by atoms with Crippen LogP contribution in [0.1, 0.15) is 16.7 Å². The van der Waals surface area contributed by atoms with Crippen molar-refractivity contribution in [2.24, 2.45) is 0 Å². The molecule has 1 aromatic carbocycles. The van der Waals surface area contributed by atoms with Crippen molar-refractivity contribution in [1.29, 1.82) is 0 Å². The van der Waals surface area contributed by atoms with Crippen LogP contribution < -0.4 is 5.32 Å². The van der Waals surface area contributed by atoms with Gasteiger partial charge in [0.25, 0.3) is 0 Å². The van der Waals surface area contributed by atoms with Gasteiger partial charge < -0.3 is 10.2 Å². The van der Waals surface area contributed by atoms with Gasteiger partial charge in [0, 0.05) is 35.8 Å². The lowest BCUT2D eigenvalue weighted by atomic mass is 9.99. The molecular weight excluding hydrogens is 493 g/mol. The van der Waals surface area contributed by atoms with Crippen LogP contribution in [0.2, 0.25) is 0 Å². The number of halogens is 3. The number of thioether (sulfide) groups is 1. The van der Waals surface area contributed by atoms with Gasteiger partial charge in [0.2, 0.25) is 5.95 Å². The van der Waals surface area contributed by atoms with Crippen molar-refractivity contribution in [3.05, 3.63) is 46.5 Å². The van der Waals surface area contributed by atoms with Crippen LogP contribution in [-0.2, 0) is 29.0 Å². The first-order valence-electron chi connectivity index (χ1n) is 9.84. The SMILES string of the molecule is CSc1cc2c(cc1Nc1ncc(C(F)(F)F)c(-c3cc(S(C)(=O)=O)cs3)n1)CCN(C)C2. The average Bonchev–Trinajstić information content (AvgIpc) is 3.23. The summed E-state index contributed by atoms with van der Waals surface area (Å²) in [5.74, 6) is 0.00971. The topological polar surface area (TPSA) is 75.2 Å². The fraction of sp³-hybridized carbons (Fsp3) is 0.333. The third kappa shape index (κ3) is 5.18. The van der Waals surface area contributed by atoms with Crippen molar-refractivity contribution in [2.45, 2.75) is 28.9 Å². The van der Waals surface area contributed by atoms with Crippen LogP contribution >= 0.6 is 23.1 Å². The Morgan fingerprint density at radius 2 is 1.97 bits per heavy atom. The summed E-state index contributed by atoms with van der Waals surface area (Å²) < 4.78 is 64.6. The standard InChI is InChI=1S/C21H21F3N4O2S3/c1-28-5-4-12-6-16(17(31-2)7-13(12)10-28)26-20-25-9-15(21(22,23)24)19(27-20)18-8-14(11-32-18)33(3,29)30/h6-9,11H,4-5,10H2,1-3H3,(H,25,26,27). The van der Waals surface area contributed by atoms with Crippen LogP contribution in [0, 0.1) is 0 Å². The summed E-state index contributed by atoms with van der Waals surface area (Å²) in [5.41, 5.74) is 1.74. The summed E-state index contributed by atoms with van der Waals surface area (Å²) in [5, 5.41) is 4.38. The Labute approximate surface area is 198 Å². The van der Waals surface area contributed by atoms with Gasteiger partial charge in [0.05, 0.1) is 21.2 Å². The Morgan fingerprint density at radius 1 is 1.21 bits per heavy atom. The highest BCUT2D eigenvalue weighted by atomic mass is 32.2. The van der Waals surface area contributed by atoms with Crippen LogP contribution in [0.4, 0.5) is 24.8 Å². The van der Waals surface area contributed by atoms with E-state index in [2.05, 4.69) is 33.3 Å². The second-order valence-corrected chi connectivity index (χ2v) is 11.6. The number of alkyl halides is 3. The molecule has 6 nitrogen and oxygen atoms in total. The largest absolute Gasteiger partial charge is 0.420 e. The Kier molecular flexibility index (Phi) is 6.47. The van der Waals surface area contributed by atoms with Crippen LogP contribution in [-0.4, -0.2) is 49.4 Å². The summed E-state index contributed by atoms with van der Waals surface area (Å²) in [6.07, 6.45) is -0.148. The van der Waals surface area contributed by atoms with Gasteiger partial charge in [-0.3, -0.25) is 0 Å². The molecule has 2 aromatic heterocycles. The number of hydrogen-bond donors (Lipinski definition) is 1. The van der Waals surface area contributed by atoms with Crippen molar-refractivity contribution in [2.75, 3.05) is 31.4 Å². The zero-order chi connectivity index (χ0) is 24.0. The zero-order valence-corrected chi connectivity index (χ0v) is 20.5. The van der Waals surface area contributed by atoms with E-state index in [0.717, 1.165) is 53.9 Å². The van der Waals surface area contributed by atoms with E-state index in [9.17, 15) is 21.6 Å². The molecule has 1 N–H and O–H groups in total. The maximum atomic E-state index is 13.7. The molecule has 176 valence electrons. The van der Waals surface area contributed by atoms with E-state index >= 15 is 0 Å². The van der Waals surface area contributed by atoms with Crippen molar-refractivity contribution < 1.29 is 21.6 Å². The van der Waals surface area contributed by atoms with E-state index in [0.29, 0.717) is 0 Å². The summed E-state index contributed by atoms with van der Waals surface area (Å²) in [7, 11) is -1.49. The predicted octanol–water partition coefficient (Wildman–Crippen LogP) is 5.08. The molecule has 4 rings (SSSR count). The molecule has 1 aliphatic heterocycles. The quantitative estimate of drug-likeness (QED) is 0.476. The molecule has 0 amide bonds. The van der Waals surface area contributed by atoms with Gasteiger partial charge in [-0.2, -0.15) is 13.2 Å². The number of fused-ring (bicyclic) bond motifs is 1. The van der Waals surface area contributed by atoms with Crippen molar-refractivity contribution in [1.82, 2.24) is 14.9 Å². The minimum atomic E-state index is -4.69. The van der Waals surface area contributed by atoms with Crippen LogP contribution in [0.3, 0.4) is 0 Å². The number of nitrogens with one attached hydrogen (secondary N) is 1. The number of aromatic nitrogens is 2. The van der Waals surface area contributed by atoms with E-state index in [1.807, 2.05) is 12.3 Å². The van der Waals surface area contributed by atoms with E-state index in [4.69, 9.17) is 0 Å². The van der Waals surface area contributed by atoms with Gasteiger partial charge in [-0.15, -0.1) is 23.1 Å². The van der Waals surface area contributed by atoms with Gasteiger partial charge in [-0.25, -0.2) is 18.4 Å². The van der Waals surface area contributed by atoms with Gasteiger partial charge >= 0.3 is 6.18 Å². The molecule has 0 aliphatic carbocycles. The Morgan fingerprint density at radius 3 is 2.61 bits per heavy atom. The van der Waals surface area contributed by atoms with Gasteiger partial charge in [0.15, 0.2) is 9.84 Å². The molecule has 0 saturated heterocycles. The summed E-state index contributed by atoms with van der Waals surface area (Å²) in [6.45, 7) is 1.76. The van der Waals surface area contributed by atoms with Gasteiger partial charge in [-0.05, 0) is 49.1 Å². The number of sulfone groups is 1. The first-order chi connectivity index (χ1) is 15.5. The zero-order valence-electron chi connectivity index (χ0n) is 18.0. The summed E-state index contributed by atoms with van der Waals surface area (Å²) in [4.78, 5) is 11.3. The van der Waals surface area contributed by atoms with Gasteiger partial charge in [0.1, 0.15) is 5.56 Å². The van der Waals surface area contributed by atoms with E-state index < -0.39 is 21.6 Å². The maximum Gasteiger partial charge on any atom is 0.420 e. The lowest BCUT2D eigenvalue weighted by Crippen LogP contribution is -2.26. The average molecular weight is 515 g/mol. The summed E-state index contributed by atoms with van der Waals surface area (Å²) in [6, 6.07) is 5.30. The smallest absolute Gasteiger partial charge is 0.323 e. The molecule has 3 heterocycles. The lowest BCUT2D eigenvalue weighted by Gasteiger charge is -2.26. The van der Waals surface area contributed by atoms with Crippen molar-refractivity contribution in [3.8, 4) is 10.6 Å². The highest BCUT2D eigenvalue weighted by molar-refractivity contribution is 7.98. The molecule has 3 aromatic rings. The molecule has 0 saturated carbocycles. The number of benzene rings is 1. The Balaban J connectivity index is 1.76. The number of hydrogen-bond acceptors (Lipinski definition) is 8. The van der Waals surface area contributed by atoms with Gasteiger partial charge in [-0.1, -0.05) is 0 Å². The molecule has 0 radical (unpaired) electrons. The number of likely N-dealkylation sites (N-methyl/N-ethyl adjacent to an activating group) is 1. The van der Waals surface area contributed by atoms with E-state index in [-0.39, 0.29) is 21.4 Å². The molecular formula is C21H21F3N4O2S3. The highest BCUT2D eigenvalue weighted by Crippen LogP contribution is 2.40. The monoisotopic (exact) mass is 514 g/mol. The van der Waals surface area contributed by atoms with E-state index in [1.165, 1.54) is 34.3 Å². The molecule has 33 heavy (non-hydrogen) atoms. The fourth-order valence-corrected chi connectivity index (χ4v) is 6.20. The van der Waals surface area contributed by atoms with E-state index in [1.54, 1.807) is 0 Å². The first-order valence-corrected chi connectivity index (χ1v) is 13.8. The molecule has 0 fully saturated rings. The van der Waals surface area contributed by atoms with Crippen LogP contribution in [0.25, 0.3) is 10.6 Å². The summed E-state index contributed by atoms with van der Waals surface area (Å²) >= 11 is 2.42. The molecule has 0 bridgehead atoms.